The largest absolute Gasteiger partial charge is 0.382 e. The second kappa shape index (κ2) is 5.15. The van der Waals surface area contributed by atoms with Gasteiger partial charge in [0.15, 0.2) is 5.69 Å². The number of hydrogen-bond donors (Lipinski definition) is 2. The maximum atomic E-state index is 8.96. The van der Waals surface area contributed by atoms with Crippen molar-refractivity contribution in [3.05, 3.63) is 24.0 Å². The first kappa shape index (κ1) is 11.9. The van der Waals surface area contributed by atoms with Crippen molar-refractivity contribution in [2.24, 2.45) is 5.41 Å². The first-order valence-electron chi connectivity index (χ1n) is 6.03. The minimum Gasteiger partial charge on any atom is -0.382 e. The van der Waals surface area contributed by atoms with Gasteiger partial charge in [0.25, 0.3) is 0 Å². The predicted octanol–water partition coefficient (Wildman–Crippen LogP) is 1.75. The molecule has 2 N–H and O–H groups in total. The van der Waals surface area contributed by atoms with Gasteiger partial charge in [0.2, 0.25) is 0 Å². The summed E-state index contributed by atoms with van der Waals surface area (Å²) in [5.41, 5.74) is 1.63. The first-order chi connectivity index (χ1) is 8.23. The molecule has 0 spiro atoms. The fourth-order valence-electron chi connectivity index (χ4n) is 2.15. The molecule has 0 radical (unpaired) electrons. The van der Waals surface area contributed by atoms with Gasteiger partial charge in [-0.3, -0.25) is 0 Å². The minimum absolute atomic E-state index is 0.313. The minimum atomic E-state index is 0.313. The number of nitrogens with zero attached hydrogens (tertiary/aromatic N) is 2. The van der Waals surface area contributed by atoms with E-state index < -0.39 is 0 Å². The first-order valence-corrected chi connectivity index (χ1v) is 6.03. The number of anilines is 1. The smallest absolute Gasteiger partial charge is 0.163 e. The van der Waals surface area contributed by atoms with Crippen molar-refractivity contribution in [1.29, 1.82) is 5.26 Å². The fourth-order valence-corrected chi connectivity index (χ4v) is 2.15. The molecule has 1 aliphatic rings. The van der Waals surface area contributed by atoms with E-state index in [0.717, 1.165) is 25.3 Å². The average Bonchev–Trinajstić information content (AvgIpc) is 2.38. The van der Waals surface area contributed by atoms with Crippen LogP contribution >= 0.6 is 0 Å². The van der Waals surface area contributed by atoms with Gasteiger partial charge in [-0.15, -0.1) is 0 Å². The van der Waals surface area contributed by atoms with Crippen LogP contribution < -0.4 is 10.6 Å². The van der Waals surface area contributed by atoms with Crippen LogP contribution in [-0.4, -0.2) is 24.6 Å². The van der Waals surface area contributed by atoms with Crippen LogP contribution in [0.15, 0.2) is 18.3 Å². The molecule has 2 rings (SSSR count). The van der Waals surface area contributed by atoms with E-state index in [1.165, 1.54) is 12.8 Å². The van der Waals surface area contributed by atoms with E-state index in [1.807, 2.05) is 12.1 Å². The molecule has 0 atom stereocenters. The van der Waals surface area contributed by atoms with Crippen molar-refractivity contribution in [3.8, 4) is 6.07 Å². The van der Waals surface area contributed by atoms with Gasteiger partial charge in [0.05, 0.1) is 5.69 Å². The van der Waals surface area contributed by atoms with Gasteiger partial charge >= 0.3 is 0 Å². The summed E-state index contributed by atoms with van der Waals surface area (Å²) in [6.45, 7) is 5.35. The molecule has 17 heavy (non-hydrogen) atoms. The van der Waals surface area contributed by atoms with E-state index in [1.54, 1.807) is 6.20 Å². The van der Waals surface area contributed by atoms with E-state index in [2.05, 4.69) is 28.6 Å². The number of aromatic nitrogens is 1. The van der Waals surface area contributed by atoms with Crippen LogP contribution in [0.5, 0.6) is 0 Å². The zero-order chi connectivity index (χ0) is 12.1. The summed E-state index contributed by atoms with van der Waals surface area (Å²) in [5.74, 6) is 0. The lowest BCUT2D eigenvalue weighted by atomic mass is 9.81. The van der Waals surface area contributed by atoms with Crippen LogP contribution in [0.3, 0.4) is 0 Å². The molecule has 2 heterocycles. The van der Waals surface area contributed by atoms with E-state index in [-0.39, 0.29) is 0 Å². The zero-order valence-corrected chi connectivity index (χ0v) is 10.2. The van der Waals surface area contributed by atoms with Crippen molar-refractivity contribution >= 4 is 5.69 Å². The fraction of sp³-hybridized carbons (Fsp3) is 0.538. The van der Waals surface area contributed by atoms with Crippen LogP contribution in [0.1, 0.15) is 25.5 Å². The SMILES string of the molecule is CC1(CNc2cccnc2C#N)CCNCC1. The van der Waals surface area contributed by atoms with Gasteiger partial charge < -0.3 is 10.6 Å². The Bertz CT molecular complexity index is 416. The normalized spacial score (nSPS) is 18.4. The highest BCUT2D eigenvalue weighted by molar-refractivity contribution is 5.53. The number of rotatable bonds is 3. The summed E-state index contributed by atoms with van der Waals surface area (Å²) in [4.78, 5) is 4.05. The quantitative estimate of drug-likeness (QED) is 0.830. The van der Waals surface area contributed by atoms with Gasteiger partial charge in [0.1, 0.15) is 6.07 Å². The molecule has 0 bridgehead atoms. The Balaban J connectivity index is 2.00. The third-order valence-electron chi connectivity index (χ3n) is 3.43. The summed E-state index contributed by atoms with van der Waals surface area (Å²) in [5, 5.41) is 15.7. The Morgan fingerprint density at radius 2 is 2.29 bits per heavy atom. The molecule has 90 valence electrons. The molecular weight excluding hydrogens is 212 g/mol. The van der Waals surface area contributed by atoms with Crippen LogP contribution in [0.4, 0.5) is 5.69 Å². The second-order valence-corrected chi connectivity index (χ2v) is 4.93. The predicted molar refractivity (Wildman–Crippen MR) is 67.7 cm³/mol. The molecule has 0 aliphatic carbocycles. The number of nitrogens with one attached hydrogen (secondary N) is 2. The van der Waals surface area contributed by atoms with Gasteiger partial charge in [-0.1, -0.05) is 6.92 Å². The lowest BCUT2D eigenvalue weighted by Gasteiger charge is -2.34. The van der Waals surface area contributed by atoms with Crippen molar-refractivity contribution in [1.82, 2.24) is 10.3 Å². The zero-order valence-electron chi connectivity index (χ0n) is 10.2. The third-order valence-corrected chi connectivity index (χ3v) is 3.43. The van der Waals surface area contributed by atoms with Crippen molar-refractivity contribution in [3.63, 3.8) is 0 Å². The van der Waals surface area contributed by atoms with E-state index >= 15 is 0 Å². The van der Waals surface area contributed by atoms with Crippen molar-refractivity contribution < 1.29 is 0 Å². The molecule has 4 nitrogen and oxygen atoms in total. The number of piperidine rings is 1. The van der Waals surface area contributed by atoms with Gasteiger partial charge in [-0.05, 0) is 43.5 Å². The van der Waals surface area contributed by atoms with Gasteiger partial charge in [0, 0.05) is 12.7 Å². The Morgan fingerprint density at radius 3 is 3.00 bits per heavy atom. The van der Waals surface area contributed by atoms with Crippen LogP contribution in [0.25, 0.3) is 0 Å². The summed E-state index contributed by atoms with van der Waals surface area (Å²) >= 11 is 0. The van der Waals surface area contributed by atoms with Crippen LogP contribution in [0, 0.1) is 16.7 Å². The average molecular weight is 230 g/mol. The molecule has 0 aromatic carbocycles. The Hall–Kier alpha value is -1.60. The van der Waals surface area contributed by atoms with Crippen LogP contribution in [0.2, 0.25) is 0 Å². The number of nitriles is 1. The maximum absolute atomic E-state index is 8.96. The van der Waals surface area contributed by atoms with E-state index in [4.69, 9.17) is 5.26 Å². The second-order valence-electron chi connectivity index (χ2n) is 4.93. The summed E-state index contributed by atoms with van der Waals surface area (Å²) in [6, 6.07) is 5.88. The Labute approximate surface area is 102 Å². The molecule has 1 fully saturated rings. The molecule has 1 aromatic rings. The molecule has 1 aliphatic heterocycles. The topological polar surface area (TPSA) is 60.7 Å². The molecular formula is C13H18N4. The van der Waals surface area contributed by atoms with Gasteiger partial charge in [-0.25, -0.2) is 4.98 Å². The lowest BCUT2D eigenvalue weighted by Crippen LogP contribution is -2.39. The Kier molecular flexibility index (Phi) is 3.60. The lowest BCUT2D eigenvalue weighted by molar-refractivity contribution is 0.247. The van der Waals surface area contributed by atoms with Crippen molar-refractivity contribution in [2.45, 2.75) is 19.8 Å². The number of pyridine rings is 1. The standard InChI is InChI=1S/C13H18N4/c1-13(4-7-15-8-5-13)10-17-11-3-2-6-16-12(11)9-14/h2-3,6,15,17H,4-5,7-8,10H2,1H3. The highest BCUT2D eigenvalue weighted by Crippen LogP contribution is 2.28. The molecule has 1 aromatic heterocycles. The monoisotopic (exact) mass is 230 g/mol. The molecule has 1 saturated heterocycles. The summed E-state index contributed by atoms with van der Waals surface area (Å²) < 4.78 is 0. The maximum Gasteiger partial charge on any atom is 0.163 e. The molecule has 0 unspecified atom stereocenters. The summed E-state index contributed by atoms with van der Waals surface area (Å²) in [6.07, 6.45) is 3.99. The third kappa shape index (κ3) is 2.95. The van der Waals surface area contributed by atoms with E-state index in [0.29, 0.717) is 11.1 Å². The van der Waals surface area contributed by atoms with Crippen molar-refractivity contribution in [2.75, 3.05) is 25.0 Å². The molecule has 0 amide bonds. The molecule has 0 saturated carbocycles. The highest BCUT2D eigenvalue weighted by atomic mass is 14.9. The van der Waals surface area contributed by atoms with Crippen LogP contribution in [-0.2, 0) is 0 Å². The summed E-state index contributed by atoms with van der Waals surface area (Å²) in [7, 11) is 0. The number of hydrogen-bond acceptors (Lipinski definition) is 4. The van der Waals surface area contributed by atoms with E-state index in [9.17, 15) is 0 Å². The highest BCUT2D eigenvalue weighted by Gasteiger charge is 2.26. The molecule has 4 heteroatoms. The van der Waals surface area contributed by atoms with Gasteiger partial charge in [-0.2, -0.15) is 5.26 Å². The Morgan fingerprint density at radius 1 is 1.53 bits per heavy atom.